The molecule has 0 spiro atoms. The first-order valence-corrected chi connectivity index (χ1v) is 12.1. The van der Waals surface area contributed by atoms with Gasteiger partial charge < -0.3 is 18.9 Å². The van der Waals surface area contributed by atoms with Gasteiger partial charge in [0, 0.05) is 10.0 Å². The van der Waals surface area contributed by atoms with Crippen molar-refractivity contribution in [3.8, 4) is 23.0 Å². The molecule has 0 bridgehead atoms. The lowest BCUT2D eigenvalue weighted by atomic mass is 10.2. The van der Waals surface area contributed by atoms with Gasteiger partial charge in [-0.3, -0.25) is 4.79 Å². The van der Waals surface area contributed by atoms with Gasteiger partial charge in [0.25, 0.3) is 5.91 Å². The van der Waals surface area contributed by atoms with Crippen molar-refractivity contribution < 1.29 is 23.7 Å². The second kappa shape index (κ2) is 13.0. The van der Waals surface area contributed by atoms with Gasteiger partial charge in [-0.15, -0.1) is 0 Å². The van der Waals surface area contributed by atoms with Gasteiger partial charge in [0.05, 0.1) is 31.6 Å². The van der Waals surface area contributed by atoms with Crippen molar-refractivity contribution >= 4 is 39.7 Å². The van der Waals surface area contributed by atoms with Crippen LogP contribution in [0.3, 0.4) is 0 Å². The molecule has 0 heterocycles. The monoisotopic (exact) mass is 560 g/mol. The molecule has 35 heavy (non-hydrogen) atoms. The molecular formula is C26H26BrClN2O5. The molecule has 3 aromatic rings. The number of carbonyl (C=O) groups excluding carboxylic acids is 1. The number of hydrogen-bond acceptors (Lipinski definition) is 6. The zero-order valence-corrected chi connectivity index (χ0v) is 22.0. The Morgan fingerprint density at radius 2 is 1.69 bits per heavy atom. The minimum absolute atomic E-state index is 0.332. The standard InChI is InChI=1S/C26H26BrClN2O5/c1-4-33-22-11-8-19(14-23(22)34-5-2)26(31)30-29-15-18-12-21(28)25(24(13-18)32-3)35-16-17-6-9-20(27)10-7-17/h6-15H,4-5,16H2,1-3H3,(H,30,31)/b29-15+. The summed E-state index contributed by atoms with van der Waals surface area (Å²) >= 11 is 9.86. The maximum Gasteiger partial charge on any atom is 0.271 e. The minimum atomic E-state index is -0.391. The van der Waals surface area contributed by atoms with Crippen LogP contribution in [0, 0.1) is 0 Å². The van der Waals surface area contributed by atoms with Gasteiger partial charge in [0.15, 0.2) is 23.0 Å². The third-order valence-corrected chi connectivity index (χ3v) is 5.54. The van der Waals surface area contributed by atoms with E-state index in [9.17, 15) is 4.79 Å². The van der Waals surface area contributed by atoms with Crippen LogP contribution in [0.5, 0.6) is 23.0 Å². The lowest BCUT2D eigenvalue weighted by Crippen LogP contribution is -2.17. The van der Waals surface area contributed by atoms with Crippen molar-refractivity contribution in [2.75, 3.05) is 20.3 Å². The third kappa shape index (κ3) is 7.37. The summed E-state index contributed by atoms with van der Waals surface area (Å²) in [7, 11) is 1.53. The molecule has 0 aromatic heterocycles. The number of hydrogen-bond donors (Lipinski definition) is 1. The number of carbonyl (C=O) groups is 1. The Morgan fingerprint density at radius 3 is 2.37 bits per heavy atom. The first-order chi connectivity index (χ1) is 16.9. The predicted octanol–water partition coefficient (Wildman–Crippen LogP) is 6.25. The first kappa shape index (κ1) is 26.4. The number of methoxy groups -OCH3 is 1. The van der Waals surface area contributed by atoms with E-state index in [1.807, 2.05) is 38.1 Å². The molecule has 1 amide bonds. The summed E-state index contributed by atoms with van der Waals surface area (Å²) in [5.41, 5.74) is 4.51. The number of rotatable bonds is 11. The maximum atomic E-state index is 12.6. The van der Waals surface area contributed by atoms with Crippen LogP contribution < -0.4 is 24.4 Å². The summed E-state index contributed by atoms with van der Waals surface area (Å²) in [4.78, 5) is 12.6. The van der Waals surface area contributed by atoms with E-state index in [-0.39, 0.29) is 0 Å². The van der Waals surface area contributed by atoms with Crippen LogP contribution in [0.4, 0.5) is 0 Å². The number of amides is 1. The van der Waals surface area contributed by atoms with Crippen LogP contribution in [0.2, 0.25) is 5.02 Å². The van der Waals surface area contributed by atoms with Crippen LogP contribution in [0.25, 0.3) is 0 Å². The summed E-state index contributed by atoms with van der Waals surface area (Å²) in [5.74, 6) is 1.57. The van der Waals surface area contributed by atoms with Crippen molar-refractivity contribution in [1.82, 2.24) is 5.43 Å². The Kier molecular flexibility index (Phi) is 9.81. The van der Waals surface area contributed by atoms with E-state index < -0.39 is 5.91 Å². The average molecular weight is 562 g/mol. The molecule has 0 unspecified atom stereocenters. The Balaban J connectivity index is 1.68. The van der Waals surface area contributed by atoms with Gasteiger partial charge in [0.2, 0.25) is 0 Å². The number of benzene rings is 3. The quantitative estimate of drug-likeness (QED) is 0.221. The van der Waals surface area contributed by atoms with E-state index in [0.29, 0.717) is 59.0 Å². The van der Waals surface area contributed by atoms with Gasteiger partial charge in [-0.2, -0.15) is 5.10 Å². The molecule has 3 aromatic carbocycles. The highest BCUT2D eigenvalue weighted by Gasteiger charge is 2.13. The molecule has 0 radical (unpaired) electrons. The molecular weight excluding hydrogens is 536 g/mol. The number of halogens is 2. The Bertz CT molecular complexity index is 1190. The van der Waals surface area contributed by atoms with Crippen LogP contribution >= 0.6 is 27.5 Å². The Hall–Kier alpha value is -3.23. The molecule has 7 nitrogen and oxygen atoms in total. The van der Waals surface area contributed by atoms with Crippen molar-refractivity contribution in [2.45, 2.75) is 20.5 Å². The highest BCUT2D eigenvalue weighted by Crippen LogP contribution is 2.36. The zero-order chi connectivity index (χ0) is 25.2. The summed E-state index contributed by atoms with van der Waals surface area (Å²) in [6, 6.07) is 16.2. The molecule has 0 aliphatic carbocycles. The van der Waals surface area contributed by atoms with Crippen molar-refractivity contribution in [3.05, 3.63) is 80.8 Å². The third-order valence-electron chi connectivity index (χ3n) is 4.73. The molecule has 0 fully saturated rings. The highest BCUT2D eigenvalue weighted by atomic mass is 79.9. The molecule has 0 aliphatic rings. The molecule has 0 saturated heterocycles. The van der Waals surface area contributed by atoms with Gasteiger partial charge >= 0.3 is 0 Å². The average Bonchev–Trinajstić information content (AvgIpc) is 2.85. The lowest BCUT2D eigenvalue weighted by Gasteiger charge is -2.13. The van der Waals surface area contributed by atoms with E-state index in [2.05, 4.69) is 26.5 Å². The summed E-state index contributed by atoms with van der Waals surface area (Å²) < 4.78 is 23.4. The number of nitrogens with zero attached hydrogens (tertiary/aromatic N) is 1. The summed E-state index contributed by atoms with van der Waals surface area (Å²) in [6.45, 7) is 5.03. The summed E-state index contributed by atoms with van der Waals surface area (Å²) in [5, 5.41) is 4.41. The highest BCUT2D eigenvalue weighted by molar-refractivity contribution is 9.10. The fourth-order valence-electron chi connectivity index (χ4n) is 3.11. The van der Waals surface area contributed by atoms with Crippen molar-refractivity contribution in [1.29, 1.82) is 0 Å². The van der Waals surface area contributed by atoms with Crippen LogP contribution in [0.15, 0.2) is 64.2 Å². The lowest BCUT2D eigenvalue weighted by molar-refractivity contribution is 0.0954. The van der Waals surface area contributed by atoms with Crippen molar-refractivity contribution in [3.63, 3.8) is 0 Å². The van der Waals surface area contributed by atoms with E-state index in [1.165, 1.54) is 13.3 Å². The Morgan fingerprint density at radius 1 is 0.971 bits per heavy atom. The van der Waals surface area contributed by atoms with E-state index >= 15 is 0 Å². The van der Waals surface area contributed by atoms with Gasteiger partial charge in [-0.1, -0.05) is 39.7 Å². The van der Waals surface area contributed by atoms with E-state index in [4.69, 9.17) is 30.5 Å². The SMILES string of the molecule is CCOc1ccc(C(=O)N/N=C/c2cc(Cl)c(OCc3ccc(Br)cc3)c(OC)c2)cc1OCC. The van der Waals surface area contributed by atoms with Crippen molar-refractivity contribution in [2.24, 2.45) is 5.10 Å². The topological polar surface area (TPSA) is 78.4 Å². The zero-order valence-electron chi connectivity index (χ0n) is 19.6. The molecule has 9 heteroatoms. The second-order valence-corrected chi connectivity index (χ2v) is 8.50. The predicted molar refractivity (Wildman–Crippen MR) is 140 cm³/mol. The molecule has 184 valence electrons. The molecule has 0 atom stereocenters. The number of nitrogens with one attached hydrogen (secondary N) is 1. The van der Waals surface area contributed by atoms with Crippen LogP contribution in [-0.4, -0.2) is 32.4 Å². The molecule has 3 rings (SSSR count). The minimum Gasteiger partial charge on any atom is -0.493 e. The molecule has 0 saturated carbocycles. The second-order valence-electron chi connectivity index (χ2n) is 7.18. The fourth-order valence-corrected chi connectivity index (χ4v) is 3.65. The van der Waals surface area contributed by atoms with Gasteiger partial charge in [0.1, 0.15) is 6.61 Å². The summed E-state index contributed by atoms with van der Waals surface area (Å²) in [6.07, 6.45) is 1.48. The normalized spacial score (nSPS) is 10.8. The smallest absolute Gasteiger partial charge is 0.271 e. The largest absolute Gasteiger partial charge is 0.493 e. The van der Waals surface area contributed by atoms with E-state index in [0.717, 1.165) is 10.0 Å². The van der Waals surface area contributed by atoms with Gasteiger partial charge in [-0.05, 0) is 67.4 Å². The number of ether oxygens (including phenoxy) is 4. The Labute approximate surface area is 218 Å². The maximum absolute atomic E-state index is 12.6. The van der Waals surface area contributed by atoms with Crippen LogP contribution in [-0.2, 0) is 6.61 Å². The molecule has 1 N–H and O–H groups in total. The fraction of sp³-hybridized carbons (Fsp3) is 0.231. The van der Waals surface area contributed by atoms with E-state index in [1.54, 1.807) is 30.3 Å². The molecule has 0 aliphatic heterocycles. The van der Waals surface area contributed by atoms with Gasteiger partial charge in [-0.25, -0.2) is 5.43 Å². The number of hydrazone groups is 1. The van der Waals surface area contributed by atoms with Crippen LogP contribution in [0.1, 0.15) is 35.3 Å². The first-order valence-electron chi connectivity index (χ1n) is 10.9.